The molecule has 1 aromatic carbocycles. The van der Waals surface area contributed by atoms with Gasteiger partial charge >= 0.3 is 5.69 Å². The van der Waals surface area contributed by atoms with E-state index in [9.17, 15) is 4.79 Å². The lowest BCUT2D eigenvalue weighted by Crippen LogP contribution is -2.19. The fourth-order valence-corrected chi connectivity index (χ4v) is 2.98. The third kappa shape index (κ3) is 2.24. The Labute approximate surface area is 130 Å². The number of aromatic nitrogens is 2. The summed E-state index contributed by atoms with van der Waals surface area (Å²) >= 11 is 3.32. The van der Waals surface area contributed by atoms with Crippen molar-refractivity contribution in [3.8, 4) is 0 Å². The standard InChI is InChI=1S/C15H16BrN3O2/c1-17-14(12-6-7-13(16)21-12)9-4-5-10-11(8-9)19(3)15(20)18(10)2/h4-8,14,17H,1-3H3. The van der Waals surface area contributed by atoms with Crippen molar-refractivity contribution < 1.29 is 4.42 Å². The summed E-state index contributed by atoms with van der Waals surface area (Å²) in [7, 11) is 5.45. The van der Waals surface area contributed by atoms with Crippen LogP contribution in [-0.2, 0) is 14.1 Å². The molecule has 110 valence electrons. The molecule has 0 amide bonds. The Kier molecular flexibility index (Phi) is 3.51. The highest BCUT2D eigenvalue weighted by atomic mass is 79.9. The fourth-order valence-electron chi connectivity index (χ4n) is 2.66. The van der Waals surface area contributed by atoms with E-state index >= 15 is 0 Å². The molecule has 0 spiro atoms. The van der Waals surface area contributed by atoms with Gasteiger partial charge in [-0.1, -0.05) is 6.07 Å². The Balaban J connectivity index is 2.15. The molecule has 1 atom stereocenters. The van der Waals surface area contributed by atoms with Crippen LogP contribution in [0.25, 0.3) is 11.0 Å². The van der Waals surface area contributed by atoms with Crippen molar-refractivity contribution in [1.29, 1.82) is 0 Å². The molecule has 5 nitrogen and oxygen atoms in total. The summed E-state index contributed by atoms with van der Waals surface area (Å²) in [5.74, 6) is 0.824. The summed E-state index contributed by atoms with van der Waals surface area (Å²) in [6, 6.07) is 9.74. The first-order valence-electron chi connectivity index (χ1n) is 6.60. The quantitative estimate of drug-likeness (QED) is 0.790. The highest BCUT2D eigenvalue weighted by Gasteiger charge is 2.18. The molecule has 0 saturated carbocycles. The van der Waals surface area contributed by atoms with Crippen LogP contribution in [0.1, 0.15) is 17.4 Å². The first-order chi connectivity index (χ1) is 10.0. The number of halogens is 1. The monoisotopic (exact) mass is 349 g/mol. The molecule has 3 rings (SSSR count). The van der Waals surface area contributed by atoms with Crippen LogP contribution < -0.4 is 11.0 Å². The molecule has 0 fully saturated rings. The third-order valence-corrected chi connectivity index (χ3v) is 4.22. The first-order valence-corrected chi connectivity index (χ1v) is 7.40. The molecule has 2 heterocycles. The van der Waals surface area contributed by atoms with Gasteiger partial charge in [-0.05, 0) is 52.8 Å². The smallest absolute Gasteiger partial charge is 0.328 e. The van der Waals surface area contributed by atoms with Gasteiger partial charge < -0.3 is 9.73 Å². The fraction of sp³-hybridized carbons (Fsp3) is 0.267. The Hall–Kier alpha value is -1.79. The van der Waals surface area contributed by atoms with E-state index in [1.807, 2.05) is 37.4 Å². The highest BCUT2D eigenvalue weighted by molar-refractivity contribution is 9.10. The molecule has 1 unspecified atom stereocenters. The zero-order valence-electron chi connectivity index (χ0n) is 12.1. The second-order valence-corrected chi connectivity index (χ2v) is 5.79. The minimum atomic E-state index is -0.0593. The molecule has 0 aliphatic heterocycles. The van der Waals surface area contributed by atoms with Crippen molar-refractivity contribution in [2.24, 2.45) is 14.1 Å². The number of nitrogens with zero attached hydrogens (tertiary/aromatic N) is 2. The number of rotatable bonds is 3. The Morgan fingerprint density at radius 3 is 2.48 bits per heavy atom. The molecule has 3 aromatic rings. The van der Waals surface area contributed by atoms with Gasteiger partial charge in [0, 0.05) is 14.1 Å². The largest absolute Gasteiger partial charge is 0.452 e. The molecule has 1 N–H and O–H groups in total. The van der Waals surface area contributed by atoms with Crippen LogP contribution in [0.5, 0.6) is 0 Å². The van der Waals surface area contributed by atoms with Crippen LogP contribution in [0, 0.1) is 0 Å². The van der Waals surface area contributed by atoms with Gasteiger partial charge in [-0.3, -0.25) is 9.13 Å². The molecule has 21 heavy (non-hydrogen) atoms. The summed E-state index contributed by atoms with van der Waals surface area (Å²) in [5.41, 5.74) is 2.85. The molecular weight excluding hydrogens is 334 g/mol. The van der Waals surface area contributed by atoms with Crippen molar-refractivity contribution in [3.05, 3.63) is 56.8 Å². The van der Waals surface area contributed by atoms with Crippen LogP contribution in [0.4, 0.5) is 0 Å². The van der Waals surface area contributed by atoms with Gasteiger partial charge in [0.25, 0.3) is 0 Å². The van der Waals surface area contributed by atoms with Gasteiger partial charge in [-0.15, -0.1) is 0 Å². The molecule has 0 saturated heterocycles. The third-order valence-electron chi connectivity index (χ3n) is 3.80. The van der Waals surface area contributed by atoms with Crippen LogP contribution in [0.3, 0.4) is 0 Å². The Morgan fingerprint density at radius 2 is 1.86 bits per heavy atom. The van der Waals surface area contributed by atoms with E-state index in [2.05, 4.69) is 21.2 Å². The predicted octanol–water partition coefficient (Wildman–Crippen LogP) is 2.54. The second kappa shape index (κ2) is 5.20. The Morgan fingerprint density at radius 1 is 1.14 bits per heavy atom. The average Bonchev–Trinajstić information content (AvgIpc) is 2.99. The molecule has 2 aromatic heterocycles. The van der Waals surface area contributed by atoms with Crippen molar-refractivity contribution >= 4 is 27.0 Å². The summed E-state index contributed by atoms with van der Waals surface area (Å²) < 4.78 is 9.65. The topological polar surface area (TPSA) is 52.1 Å². The minimum absolute atomic E-state index is 0.0242. The van der Waals surface area contributed by atoms with Gasteiger partial charge in [0.15, 0.2) is 4.67 Å². The Bertz CT molecular complexity index is 860. The summed E-state index contributed by atoms with van der Waals surface area (Å²) in [6.45, 7) is 0. The lowest BCUT2D eigenvalue weighted by atomic mass is 10.0. The van der Waals surface area contributed by atoms with E-state index in [-0.39, 0.29) is 11.7 Å². The van der Waals surface area contributed by atoms with Crippen LogP contribution in [0.2, 0.25) is 0 Å². The maximum atomic E-state index is 12.0. The molecule has 0 radical (unpaired) electrons. The van der Waals surface area contributed by atoms with Crippen molar-refractivity contribution in [1.82, 2.24) is 14.5 Å². The molecule has 0 aliphatic carbocycles. The zero-order chi connectivity index (χ0) is 15.1. The SMILES string of the molecule is CNC(c1ccc2c(c1)n(C)c(=O)n2C)c1ccc(Br)o1. The number of furan rings is 1. The molecule has 0 aliphatic rings. The molecule has 0 bridgehead atoms. The summed E-state index contributed by atoms with van der Waals surface area (Å²) in [6.07, 6.45) is 0. The number of benzene rings is 1. The number of imidazole rings is 1. The molecular formula is C15H16BrN3O2. The van der Waals surface area contributed by atoms with E-state index in [1.54, 1.807) is 23.2 Å². The van der Waals surface area contributed by atoms with Crippen molar-refractivity contribution in [2.75, 3.05) is 7.05 Å². The van der Waals surface area contributed by atoms with E-state index in [0.717, 1.165) is 22.4 Å². The number of nitrogens with one attached hydrogen (secondary N) is 1. The first kappa shape index (κ1) is 14.2. The zero-order valence-corrected chi connectivity index (χ0v) is 13.6. The van der Waals surface area contributed by atoms with Crippen molar-refractivity contribution in [3.63, 3.8) is 0 Å². The van der Waals surface area contributed by atoms with Gasteiger partial charge in [0.2, 0.25) is 0 Å². The predicted molar refractivity (Wildman–Crippen MR) is 85.5 cm³/mol. The van der Waals surface area contributed by atoms with Crippen molar-refractivity contribution in [2.45, 2.75) is 6.04 Å². The maximum absolute atomic E-state index is 12.0. The van der Waals surface area contributed by atoms with Crippen LogP contribution in [-0.4, -0.2) is 16.2 Å². The average molecular weight is 350 g/mol. The number of aryl methyl sites for hydroxylation is 2. The number of hydrogen-bond donors (Lipinski definition) is 1. The van der Waals surface area contributed by atoms with E-state index in [1.165, 1.54) is 0 Å². The number of fused-ring (bicyclic) bond motifs is 1. The minimum Gasteiger partial charge on any atom is -0.452 e. The summed E-state index contributed by atoms with van der Waals surface area (Å²) in [5, 5.41) is 3.24. The normalized spacial score (nSPS) is 13.0. The molecule has 6 heteroatoms. The van der Waals surface area contributed by atoms with E-state index in [0.29, 0.717) is 4.67 Å². The maximum Gasteiger partial charge on any atom is 0.328 e. The van der Waals surface area contributed by atoms with E-state index < -0.39 is 0 Å². The second-order valence-electron chi connectivity index (χ2n) is 5.01. The van der Waals surface area contributed by atoms with Gasteiger partial charge in [0.05, 0.1) is 17.1 Å². The van der Waals surface area contributed by atoms with Gasteiger partial charge in [-0.25, -0.2) is 4.79 Å². The number of hydrogen-bond acceptors (Lipinski definition) is 3. The lowest BCUT2D eigenvalue weighted by molar-refractivity contribution is 0.447. The highest BCUT2D eigenvalue weighted by Crippen LogP contribution is 2.27. The lowest BCUT2D eigenvalue weighted by Gasteiger charge is -2.14. The summed E-state index contributed by atoms with van der Waals surface area (Å²) in [4.78, 5) is 12.0. The van der Waals surface area contributed by atoms with Gasteiger partial charge in [-0.2, -0.15) is 0 Å². The van der Waals surface area contributed by atoms with E-state index in [4.69, 9.17) is 4.42 Å². The van der Waals surface area contributed by atoms with Gasteiger partial charge in [0.1, 0.15) is 5.76 Å². The van der Waals surface area contributed by atoms with Crippen LogP contribution >= 0.6 is 15.9 Å². The van der Waals surface area contributed by atoms with Crippen LogP contribution in [0.15, 0.2) is 44.2 Å².